The van der Waals surface area contributed by atoms with Gasteiger partial charge in [0.25, 0.3) is 11.8 Å². The van der Waals surface area contributed by atoms with Crippen LogP contribution in [0, 0.1) is 13.8 Å². The second kappa shape index (κ2) is 13.4. The highest BCUT2D eigenvalue weighted by Gasteiger charge is 2.41. The first-order chi connectivity index (χ1) is 20.0. The Bertz CT molecular complexity index is 1440. The quantitative estimate of drug-likeness (QED) is 0.224. The number of likely N-dealkylation sites (tertiary alicyclic amines) is 1. The number of carbonyl (C=O) groups is 3. The van der Waals surface area contributed by atoms with Gasteiger partial charge in [-0.1, -0.05) is 18.2 Å². The van der Waals surface area contributed by atoms with Crippen LogP contribution in [0.5, 0.6) is 0 Å². The van der Waals surface area contributed by atoms with Gasteiger partial charge in [-0.25, -0.2) is 4.98 Å². The molecule has 0 radical (unpaired) electrons. The van der Waals surface area contributed by atoms with E-state index in [1.807, 2.05) is 31.2 Å². The zero-order chi connectivity index (χ0) is 30.3. The Morgan fingerprint density at radius 1 is 0.976 bits per heavy atom. The van der Waals surface area contributed by atoms with Crippen molar-refractivity contribution >= 4 is 34.8 Å². The summed E-state index contributed by atoms with van der Waals surface area (Å²) >= 11 is 0. The molecule has 1 aliphatic rings. The molecule has 10 nitrogen and oxygen atoms in total. The van der Waals surface area contributed by atoms with E-state index in [4.69, 9.17) is 0 Å². The molecule has 3 aromatic rings. The number of aromatic nitrogens is 1. The van der Waals surface area contributed by atoms with E-state index in [-0.39, 0.29) is 23.0 Å². The molecular weight excluding hydrogens is 553 g/mol. The van der Waals surface area contributed by atoms with Crippen molar-refractivity contribution in [1.82, 2.24) is 15.2 Å². The van der Waals surface area contributed by atoms with Crippen molar-refractivity contribution in [2.24, 2.45) is 0 Å². The summed E-state index contributed by atoms with van der Waals surface area (Å²) in [6.07, 6.45) is -2.97. The molecule has 4 N–H and O–H groups in total. The van der Waals surface area contributed by atoms with E-state index in [9.17, 15) is 27.6 Å². The van der Waals surface area contributed by atoms with Crippen molar-refractivity contribution in [3.05, 3.63) is 70.9 Å². The topological polar surface area (TPSA) is 129 Å². The van der Waals surface area contributed by atoms with Crippen LogP contribution in [0.15, 0.2) is 46.9 Å². The Morgan fingerprint density at radius 3 is 2.40 bits per heavy atom. The first kappa shape index (κ1) is 30.4. The molecule has 1 fully saturated rings. The molecule has 0 aliphatic carbocycles. The Balaban J connectivity index is 1.46. The van der Waals surface area contributed by atoms with Gasteiger partial charge >= 0.3 is 6.18 Å². The van der Waals surface area contributed by atoms with Crippen molar-refractivity contribution < 1.29 is 32.0 Å². The standard InChI is InChI=1S/C29H33F3N6O4/c1-18-7-3-4-8-21(18)33-13-14-34-22-11-10-20(27(40)35-12-6-16-38-15-5-9-24(38)39)17-23(22)37-28(41)25-26(29(30,31)32)42-19(2)36-25/h3-4,7-8,10-11,17,33-34H,5-6,9,12-16H2,1-2H3,(H,35,40)(H,37,41). The number of aryl methyl sites for hydroxylation is 2. The predicted molar refractivity (Wildman–Crippen MR) is 152 cm³/mol. The summed E-state index contributed by atoms with van der Waals surface area (Å²) in [5.41, 5.74) is 1.80. The number of alkyl halides is 3. The van der Waals surface area contributed by atoms with Gasteiger partial charge in [0.2, 0.25) is 11.7 Å². The fraction of sp³-hybridized carbons (Fsp3) is 0.379. The number of anilines is 3. The van der Waals surface area contributed by atoms with Crippen LogP contribution in [-0.2, 0) is 11.0 Å². The first-order valence-corrected chi connectivity index (χ1v) is 13.6. The largest absolute Gasteiger partial charge is 0.452 e. The van der Waals surface area contributed by atoms with Crippen LogP contribution < -0.4 is 21.3 Å². The molecule has 3 amide bonds. The molecule has 0 spiro atoms. The molecule has 4 rings (SSSR count). The lowest BCUT2D eigenvalue weighted by Crippen LogP contribution is -2.30. The summed E-state index contributed by atoms with van der Waals surface area (Å²) in [5, 5.41) is 11.7. The predicted octanol–water partition coefficient (Wildman–Crippen LogP) is 4.83. The smallest absolute Gasteiger partial charge is 0.436 e. The summed E-state index contributed by atoms with van der Waals surface area (Å²) in [4.78, 5) is 42.9. The van der Waals surface area contributed by atoms with Crippen LogP contribution >= 0.6 is 0 Å². The Kier molecular flexibility index (Phi) is 9.71. The van der Waals surface area contributed by atoms with Gasteiger partial charge in [0.05, 0.1) is 11.4 Å². The fourth-order valence-electron chi connectivity index (χ4n) is 4.58. The van der Waals surface area contributed by atoms with Gasteiger partial charge in [-0.3, -0.25) is 14.4 Å². The third-order valence-corrected chi connectivity index (χ3v) is 6.70. The van der Waals surface area contributed by atoms with Crippen molar-refractivity contribution in [1.29, 1.82) is 0 Å². The van der Waals surface area contributed by atoms with E-state index in [1.165, 1.54) is 13.0 Å². The van der Waals surface area contributed by atoms with E-state index >= 15 is 0 Å². The molecule has 0 atom stereocenters. The number of nitrogens with one attached hydrogen (secondary N) is 4. The van der Waals surface area contributed by atoms with Gasteiger partial charge in [0, 0.05) is 57.3 Å². The van der Waals surface area contributed by atoms with Gasteiger partial charge in [-0.15, -0.1) is 0 Å². The van der Waals surface area contributed by atoms with Gasteiger partial charge in [0.15, 0.2) is 11.6 Å². The first-order valence-electron chi connectivity index (χ1n) is 13.6. The lowest BCUT2D eigenvalue weighted by atomic mass is 10.1. The van der Waals surface area contributed by atoms with Crippen LogP contribution in [-0.4, -0.2) is 60.3 Å². The summed E-state index contributed by atoms with van der Waals surface area (Å²) in [5.74, 6) is -3.26. The number of oxazole rings is 1. The minimum Gasteiger partial charge on any atom is -0.436 e. The highest BCUT2D eigenvalue weighted by atomic mass is 19.4. The van der Waals surface area contributed by atoms with E-state index in [0.717, 1.165) is 17.7 Å². The van der Waals surface area contributed by atoms with Gasteiger partial charge in [-0.2, -0.15) is 13.2 Å². The number of amides is 3. The van der Waals surface area contributed by atoms with Crippen molar-refractivity contribution in [2.75, 3.05) is 48.7 Å². The number of halogens is 3. The maximum absolute atomic E-state index is 13.4. The summed E-state index contributed by atoms with van der Waals surface area (Å²) in [6, 6.07) is 12.3. The molecular formula is C29H33F3N6O4. The van der Waals surface area contributed by atoms with Crippen LogP contribution in [0.2, 0.25) is 0 Å². The fourth-order valence-corrected chi connectivity index (χ4v) is 4.58. The number of para-hydroxylation sites is 1. The van der Waals surface area contributed by atoms with E-state index in [0.29, 0.717) is 51.3 Å². The molecule has 1 aliphatic heterocycles. The second-order valence-corrected chi connectivity index (χ2v) is 9.89. The average Bonchev–Trinajstić information content (AvgIpc) is 3.55. The lowest BCUT2D eigenvalue weighted by Gasteiger charge is -2.17. The minimum absolute atomic E-state index is 0.0972. The normalized spacial score (nSPS) is 13.3. The maximum atomic E-state index is 13.4. The summed E-state index contributed by atoms with van der Waals surface area (Å²) in [6.45, 7) is 5.66. The van der Waals surface area contributed by atoms with Crippen LogP contribution in [0.1, 0.15) is 57.3 Å². The molecule has 13 heteroatoms. The van der Waals surface area contributed by atoms with Crippen LogP contribution in [0.4, 0.5) is 30.2 Å². The Morgan fingerprint density at radius 2 is 1.71 bits per heavy atom. The number of benzene rings is 2. The number of rotatable bonds is 12. The van der Waals surface area contributed by atoms with Crippen molar-refractivity contribution in [3.8, 4) is 0 Å². The minimum atomic E-state index is -4.92. The molecule has 1 aromatic heterocycles. The number of nitrogens with zero attached hydrogens (tertiary/aromatic N) is 2. The van der Waals surface area contributed by atoms with Crippen LogP contribution in [0.25, 0.3) is 0 Å². The monoisotopic (exact) mass is 586 g/mol. The van der Waals surface area contributed by atoms with Gasteiger partial charge < -0.3 is 30.6 Å². The van der Waals surface area contributed by atoms with Crippen molar-refractivity contribution in [3.63, 3.8) is 0 Å². The zero-order valence-electron chi connectivity index (χ0n) is 23.4. The summed E-state index contributed by atoms with van der Waals surface area (Å²) < 4.78 is 45.0. The number of hydrogen-bond donors (Lipinski definition) is 4. The third-order valence-electron chi connectivity index (χ3n) is 6.70. The molecule has 224 valence electrons. The van der Waals surface area contributed by atoms with Gasteiger partial charge in [-0.05, 0) is 49.6 Å². The Hall–Kier alpha value is -4.55. The SMILES string of the molecule is Cc1nc(C(=O)Nc2cc(C(=O)NCCCN3CCCC3=O)ccc2NCCNc2ccccc2C)c(C(F)(F)F)o1. The van der Waals surface area contributed by atoms with Crippen LogP contribution in [0.3, 0.4) is 0 Å². The van der Waals surface area contributed by atoms with Gasteiger partial charge in [0.1, 0.15) is 0 Å². The zero-order valence-corrected chi connectivity index (χ0v) is 23.4. The molecule has 2 heterocycles. The third kappa shape index (κ3) is 7.80. The molecule has 0 bridgehead atoms. The summed E-state index contributed by atoms with van der Waals surface area (Å²) in [7, 11) is 0. The Labute approximate surface area is 241 Å². The molecule has 0 saturated carbocycles. The van der Waals surface area contributed by atoms with E-state index in [1.54, 1.807) is 17.0 Å². The average molecular weight is 587 g/mol. The molecule has 0 unspecified atom stereocenters. The van der Waals surface area contributed by atoms with E-state index in [2.05, 4.69) is 30.7 Å². The maximum Gasteiger partial charge on any atom is 0.452 e. The second-order valence-electron chi connectivity index (χ2n) is 9.89. The number of hydrogen-bond acceptors (Lipinski definition) is 7. The molecule has 42 heavy (non-hydrogen) atoms. The lowest BCUT2D eigenvalue weighted by molar-refractivity contribution is -0.153. The van der Waals surface area contributed by atoms with Crippen molar-refractivity contribution in [2.45, 2.75) is 39.3 Å². The highest BCUT2D eigenvalue weighted by Crippen LogP contribution is 2.33. The molecule has 1 saturated heterocycles. The highest BCUT2D eigenvalue weighted by molar-refractivity contribution is 6.06. The molecule has 2 aromatic carbocycles. The van der Waals surface area contributed by atoms with E-state index < -0.39 is 29.4 Å². The number of carbonyl (C=O) groups excluding carboxylic acids is 3.